The van der Waals surface area contributed by atoms with Gasteiger partial charge in [0.2, 0.25) is 0 Å². The van der Waals surface area contributed by atoms with Crippen LogP contribution in [0.4, 0.5) is 0 Å². The van der Waals surface area contributed by atoms with Crippen LogP contribution in [0.15, 0.2) is 91.0 Å². The first-order valence-corrected chi connectivity index (χ1v) is 13.8. The molecular weight excluding hydrogens is 428 g/mol. The van der Waals surface area contributed by atoms with E-state index in [1.165, 1.54) is 10.4 Å². The van der Waals surface area contributed by atoms with Crippen LogP contribution < -0.4 is 10.4 Å². The van der Waals surface area contributed by atoms with Crippen molar-refractivity contribution in [2.45, 2.75) is 38.5 Å². The Bertz CT molecular complexity index is 892. The smallest absolute Gasteiger partial charge is 0.255 e. The van der Waals surface area contributed by atoms with E-state index in [0.717, 1.165) is 11.6 Å². The third kappa shape index (κ3) is 6.85. The van der Waals surface area contributed by atoms with Crippen LogP contribution in [0.5, 0.6) is 0 Å². The standard InChI is InChI=1S/C28H36O4Si/c1-4-33(26-16-10-6-11-17-26,27-18-12-7-13-19-27)32-21-20-30-22-25(29)23-31-28(2,3)24-14-8-5-9-15-24/h5-19,25,29H,4,20-23H2,1-3H3. The number of aliphatic hydroxyl groups excluding tert-OH is 1. The van der Waals surface area contributed by atoms with Crippen LogP contribution in [0, 0.1) is 0 Å². The number of rotatable bonds is 13. The van der Waals surface area contributed by atoms with E-state index in [-0.39, 0.29) is 13.2 Å². The number of hydrogen-bond acceptors (Lipinski definition) is 4. The fourth-order valence-corrected chi connectivity index (χ4v) is 7.61. The Kier molecular flexibility index (Phi) is 9.41. The summed E-state index contributed by atoms with van der Waals surface area (Å²) in [6.45, 7) is 7.54. The maximum absolute atomic E-state index is 10.3. The zero-order chi connectivity index (χ0) is 23.6. The summed E-state index contributed by atoms with van der Waals surface area (Å²) >= 11 is 0. The number of aliphatic hydroxyl groups is 1. The van der Waals surface area contributed by atoms with Crippen LogP contribution in [-0.2, 0) is 19.5 Å². The van der Waals surface area contributed by atoms with Gasteiger partial charge in [0.05, 0.1) is 32.0 Å². The third-order valence-corrected chi connectivity index (χ3v) is 10.2. The van der Waals surface area contributed by atoms with Crippen molar-refractivity contribution in [2.24, 2.45) is 0 Å². The van der Waals surface area contributed by atoms with Crippen molar-refractivity contribution < 1.29 is 19.0 Å². The Hall–Kier alpha value is -2.28. The quantitative estimate of drug-likeness (QED) is 0.305. The monoisotopic (exact) mass is 464 g/mol. The SMILES string of the molecule is CC[Si](OCCOCC(O)COC(C)(C)c1ccccc1)(c1ccccc1)c1ccccc1. The second kappa shape index (κ2) is 12.3. The predicted molar refractivity (Wildman–Crippen MR) is 137 cm³/mol. The molecule has 3 rings (SSSR count). The fraction of sp³-hybridized carbons (Fsp3) is 0.357. The highest BCUT2D eigenvalue weighted by Crippen LogP contribution is 2.24. The molecule has 0 amide bonds. The maximum Gasteiger partial charge on any atom is 0.255 e. The topological polar surface area (TPSA) is 47.9 Å². The average molecular weight is 465 g/mol. The lowest BCUT2D eigenvalue weighted by atomic mass is 9.98. The summed E-state index contributed by atoms with van der Waals surface area (Å²) in [6.07, 6.45) is -0.690. The van der Waals surface area contributed by atoms with Crippen LogP contribution in [0.3, 0.4) is 0 Å². The first kappa shape index (κ1) is 25.3. The molecule has 0 bridgehead atoms. The van der Waals surface area contributed by atoms with E-state index in [4.69, 9.17) is 13.9 Å². The minimum Gasteiger partial charge on any atom is -0.406 e. The highest BCUT2D eigenvalue weighted by molar-refractivity contribution is 6.97. The van der Waals surface area contributed by atoms with Crippen LogP contribution >= 0.6 is 0 Å². The van der Waals surface area contributed by atoms with Gasteiger partial charge in [0.1, 0.15) is 6.10 Å². The second-order valence-electron chi connectivity index (χ2n) is 8.68. The molecule has 3 aromatic carbocycles. The molecule has 0 aliphatic heterocycles. The van der Waals surface area contributed by atoms with Crippen molar-refractivity contribution in [1.82, 2.24) is 0 Å². The molecule has 0 radical (unpaired) electrons. The summed E-state index contributed by atoms with van der Waals surface area (Å²) in [5.74, 6) is 0. The van der Waals surface area contributed by atoms with E-state index in [1.54, 1.807) is 0 Å². The van der Waals surface area contributed by atoms with Gasteiger partial charge in [0.15, 0.2) is 0 Å². The lowest BCUT2D eigenvalue weighted by molar-refractivity contribution is -0.0839. The molecular formula is C28H36O4Si. The van der Waals surface area contributed by atoms with Gasteiger partial charge in [-0.2, -0.15) is 0 Å². The van der Waals surface area contributed by atoms with Crippen LogP contribution in [0.25, 0.3) is 0 Å². The summed E-state index contributed by atoms with van der Waals surface area (Å²) < 4.78 is 18.3. The lowest BCUT2D eigenvalue weighted by Gasteiger charge is -2.31. The Labute approximate surface area is 199 Å². The molecule has 176 valence electrons. The Balaban J connectivity index is 1.50. The zero-order valence-corrected chi connectivity index (χ0v) is 20.9. The highest BCUT2D eigenvalue weighted by atomic mass is 28.4. The largest absolute Gasteiger partial charge is 0.406 e. The maximum atomic E-state index is 10.3. The third-order valence-electron chi connectivity index (χ3n) is 5.97. The van der Waals surface area contributed by atoms with Crippen LogP contribution in [-0.4, -0.2) is 46.0 Å². The molecule has 0 fully saturated rings. The molecule has 0 heterocycles. The Morgan fingerprint density at radius 3 is 1.79 bits per heavy atom. The molecule has 1 N–H and O–H groups in total. The lowest BCUT2D eigenvalue weighted by Crippen LogP contribution is -2.60. The molecule has 0 aliphatic rings. The van der Waals surface area contributed by atoms with Crippen molar-refractivity contribution in [2.75, 3.05) is 26.4 Å². The minimum atomic E-state index is -2.34. The van der Waals surface area contributed by atoms with Gasteiger partial charge in [-0.25, -0.2) is 0 Å². The van der Waals surface area contributed by atoms with Gasteiger partial charge in [-0.15, -0.1) is 0 Å². The number of hydrogen-bond donors (Lipinski definition) is 1. The van der Waals surface area contributed by atoms with E-state index in [0.29, 0.717) is 13.2 Å². The van der Waals surface area contributed by atoms with Crippen molar-refractivity contribution in [3.8, 4) is 0 Å². The van der Waals surface area contributed by atoms with Gasteiger partial charge in [0, 0.05) is 0 Å². The highest BCUT2D eigenvalue weighted by Gasteiger charge is 2.37. The summed E-state index contributed by atoms with van der Waals surface area (Å²) in [7, 11) is -2.34. The molecule has 5 heteroatoms. The van der Waals surface area contributed by atoms with Crippen molar-refractivity contribution in [3.63, 3.8) is 0 Å². The van der Waals surface area contributed by atoms with Gasteiger partial charge < -0.3 is 19.0 Å². The molecule has 1 atom stereocenters. The van der Waals surface area contributed by atoms with Crippen LogP contribution in [0.2, 0.25) is 6.04 Å². The summed E-state index contributed by atoms with van der Waals surface area (Å²) in [5, 5.41) is 12.9. The predicted octanol–water partition coefficient (Wildman–Crippen LogP) is 4.11. The number of benzene rings is 3. The Morgan fingerprint density at radius 1 is 0.758 bits per heavy atom. The molecule has 33 heavy (non-hydrogen) atoms. The minimum absolute atomic E-state index is 0.213. The van der Waals surface area contributed by atoms with E-state index < -0.39 is 20.0 Å². The van der Waals surface area contributed by atoms with Crippen molar-refractivity contribution in [1.29, 1.82) is 0 Å². The van der Waals surface area contributed by atoms with E-state index in [2.05, 4.69) is 55.5 Å². The van der Waals surface area contributed by atoms with Gasteiger partial charge in [0.25, 0.3) is 8.32 Å². The molecule has 0 saturated carbocycles. The molecule has 0 saturated heterocycles. The normalized spacial score (nSPS) is 13.1. The van der Waals surface area contributed by atoms with Gasteiger partial charge in [-0.1, -0.05) is 97.9 Å². The van der Waals surface area contributed by atoms with Crippen molar-refractivity contribution in [3.05, 3.63) is 96.6 Å². The fourth-order valence-electron chi connectivity index (χ4n) is 4.03. The molecule has 3 aromatic rings. The van der Waals surface area contributed by atoms with E-state index in [9.17, 15) is 5.11 Å². The van der Waals surface area contributed by atoms with E-state index in [1.807, 2.05) is 56.3 Å². The first-order valence-electron chi connectivity index (χ1n) is 11.7. The molecule has 4 nitrogen and oxygen atoms in total. The molecule has 0 spiro atoms. The Morgan fingerprint density at radius 2 is 1.27 bits per heavy atom. The van der Waals surface area contributed by atoms with Crippen molar-refractivity contribution >= 4 is 18.7 Å². The van der Waals surface area contributed by atoms with Gasteiger partial charge in [-0.3, -0.25) is 0 Å². The van der Waals surface area contributed by atoms with Crippen LogP contribution in [0.1, 0.15) is 26.3 Å². The van der Waals surface area contributed by atoms with E-state index >= 15 is 0 Å². The summed E-state index contributed by atoms with van der Waals surface area (Å²) in [5.41, 5.74) is 0.609. The second-order valence-corrected chi connectivity index (χ2v) is 12.5. The first-order chi connectivity index (χ1) is 16.0. The molecule has 0 aliphatic carbocycles. The summed E-state index contributed by atoms with van der Waals surface area (Å²) in [4.78, 5) is 0. The zero-order valence-electron chi connectivity index (χ0n) is 19.9. The molecule has 0 aromatic heterocycles. The average Bonchev–Trinajstić information content (AvgIpc) is 2.87. The summed E-state index contributed by atoms with van der Waals surface area (Å²) in [6, 6.07) is 32.0. The molecule has 1 unspecified atom stereocenters. The van der Waals surface area contributed by atoms with Gasteiger partial charge in [-0.05, 0) is 35.8 Å². The number of ether oxygens (including phenoxy) is 2. The van der Waals surface area contributed by atoms with Gasteiger partial charge >= 0.3 is 0 Å².